The number of carbonyl (C=O) groups excluding carboxylic acids is 1. The molecule has 0 saturated heterocycles. The van der Waals surface area contributed by atoms with E-state index in [1.165, 1.54) is 6.20 Å². The summed E-state index contributed by atoms with van der Waals surface area (Å²) in [4.78, 5) is 38.6. The molecule has 22 heavy (non-hydrogen) atoms. The van der Waals surface area contributed by atoms with Crippen molar-refractivity contribution in [3.05, 3.63) is 44.4 Å². The van der Waals surface area contributed by atoms with E-state index in [9.17, 15) is 19.7 Å². The number of hydrogen-bond acceptors (Lipinski definition) is 6. The highest BCUT2D eigenvalue weighted by Crippen LogP contribution is 2.19. The van der Waals surface area contributed by atoms with Gasteiger partial charge in [0.1, 0.15) is 17.4 Å². The zero-order chi connectivity index (χ0) is 16.4. The van der Waals surface area contributed by atoms with E-state index in [1.54, 1.807) is 11.5 Å². The molecule has 0 aliphatic carbocycles. The second-order valence-corrected chi connectivity index (χ2v) is 4.92. The molecule has 0 spiro atoms. The summed E-state index contributed by atoms with van der Waals surface area (Å²) in [6.07, 6.45) is 2.47. The number of ether oxygens (including phenoxy) is 1. The monoisotopic (exact) mass is 305 g/mol. The summed E-state index contributed by atoms with van der Waals surface area (Å²) >= 11 is 0. The second kappa shape index (κ2) is 5.92. The van der Waals surface area contributed by atoms with E-state index >= 15 is 0 Å². The van der Waals surface area contributed by atoms with Crippen LogP contribution in [0.3, 0.4) is 0 Å². The lowest BCUT2D eigenvalue weighted by Gasteiger charge is -2.15. The molecule has 2 aromatic rings. The Bertz CT molecular complexity index is 810. The highest BCUT2D eigenvalue weighted by Gasteiger charge is 2.20. The van der Waals surface area contributed by atoms with Gasteiger partial charge in [0.15, 0.2) is 0 Å². The van der Waals surface area contributed by atoms with Gasteiger partial charge in [-0.1, -0.05) is 0 Å². The van der Waals surface area contributed by atoms with Gasteiger partial charge in [0, 0.05) is 18.3 Å². The fraction of sp³-hybridized carbons (Fsp3) is 0.357. The number of carbonyl (C=O) groups is 1. The van der Waals surface area contributed by atoms with Crippen molar-refractivity contribution in [2.75, 3.05) is 6.61 Å². The first kappa shape index (κ1) is 15.6. The summed E-state index contributed by atoms with van der Waals surface area (Å²) in [6.45, 7) is 5.46. The molecule has 2 rings (SSSR count). The van der Waals surface area contributed by atoms with Crippen LogP contribution in [0.1, 0.15) is 37.2 Å². The molecule has 2 heterocycles. The van der Waals surface area contributed by atoms with Crippen LogP contribution in [0.2, 0.25) is 0 Å². The molecule has 0 bridgehead atoms. The first-order valence-electron chi connectivity index (χ1n) is 6.73. The summed E-state index contributed by atoms with van der Waals surface area (Å²) in [6, 6.07) is 1.04. The maximum atomic E-state index is 12.4. The molecule has 0 atom stereocenters. The van der Waals surface area contributed by atoms with Crippen LogP contribution in [0.25, 0.3) is 11.0 Å². The lowest BCUT2D eigenvalue weighted by molar-refractivity contribution is -0.385. The summed E-state index contributed by atoms with van der Waals surface area (Å²) < 4.78 is 6.48. The van der Waals surface area contributed by atoms with Crippen molar-refractivity contribution < 1.29 is 14.5 Å². The van der Waals surface area contributed by atoms with Crippen LogP contribution in [0.5, 0.6) is 0 Å². The van der Waals surface area contributed by atoms with Crippen LogP contribution < -0.4 is 5.43 Å². The van der Waals surface area contributed by atoms with E-state index in [0.29, 0.717) is 5.65 Å². The van der Waals surface area contributed by atoms with Gasteiger partial charge in [0.05, 0.1) is 16.9 Å². The number of nitrogens with zero attached hydrogens (tertiary/aromatic N) is 3. The molecule has 0 N–H and O–H groups in total. The number of fused-ring (bicyclic) bond motifs is 1. The molecule has 0 amide bonds. The average Bonchev–Trinajstić information content (AvgIpc) is 2.47. The molecular formula is C14H15N3O5. The smallest absolute Gasteiger partial charge is 0.343 e. The Morgan fingerprint density at radius 2 is 2.18 bits per heavy atom. The minimum Gasteiger partial charge on any atom is -0.462 e. The summed E-state index contributed by atoms with van der Waals surface area (Å²) in [5.74, 6) is -0.754. The Hall–Kier alpha value is -2.77. The topological polar surface area (TPSA) is 104 Å². The molecular weight excluding hydrogens is 290 g/mol. The van der Waals surface area contributed by atoms with Gasteiger partial charge in [-0.2, -0.15) is 0 Å². The van der Waals surface area contributed by atoms with Crippen LogP contribution >= 0.6 is 0 Å². The number of rotatable bonds is 4. The lowest BCUT2D eigenvalue weighted by Crippen LogP contribution is -2.22. The number of esters is 1. The van der Waals surface area contributed by atoms with E-state index < -0.39 is 16.3 Å². The molecule has 0 aromatic carbocycles. The highest BCUT2D eigenvalue weighted by atomic mass is 16.6. The van der Waals surface area contributed by atoms with Crippen molar-refractivity contribution in [1.29, 1.82) is 0 Å². The van der Waals surface area contributed by atoms with Gasteiger partial charge in [-0.3, -0.25) is 14.9 Å². The Morgan fingerprint density at radius 3 is 2.73 bits per heavy atom. The van der Waals surface area contributed by atoms with Gasteiger partial charge in [0.25, 0.3) is 5.69 Å². The molecule has 0 radical (unpaired) electrons. The highest BCUT2D eigenvalue weighted by molar-refractivity contribution is 5.93. The molecule has 116 valence electrons. The van der Waals surface area contributed by atoms with Gasteiger partial charge in [-0.15, -0.1) is 0 Å². The van der Waals surface area contributed by atoms with Crippen molar-refractivity contribution in [1.82, 2.24) is 9.55 Å². The van der Waals surface area contributed by atoms with Gasteiger partial charge >= 0.3 is 5.97 Å². The standard InChI is InChI=1S/C14H15N3O5/c1-4-22-14(19)11-7-16(8(2)3)13-10(12(11)18)5-9(6-15-13)17(20)21/h5-8H,4H2,1-3H3. The van der Waals surface area contributed by atoms with Crippen molar-refractivity contribution in [2.45, 2.75) is 26.8 Å². The summed E-state index contributed by atoms with van der Waals surface area (Å²) in [5, 5.41) is 10.9. The zero-order valence-corrected chi connectivity index (χ0v) is 12.4. The zero-order valence-electron chi connectivity index (χ0n) is 12.4. The Balaban J connectivity index is 2.83. The van der Waals surface area contributed by atoms with Crippen LogP contribution in [0.15, 0.2) is 23.3 Å². The Kier molecular flexibility index (Phi) is 4.20. The largest absolute Gasteiger partial charge is 0.462 e. The molecule has 0 unspecified atom stereocenters. The number of nitro groups is 1. The third kappa shape index (κ3) is 2.67. The molecule has 0 aliphatic rings. The molecule has 0 fully saturated rings. The molecule has 0 saturated carbocycles. The maximum absolute atomic E-state index is 12.4. The lowest BCUT2D eigenvalue weighted by atomic mass is 10.1. The van der Waals surface area contributed by atoms with E-state index in [2.05, 4.69) is 4.98 Å². The van der Waals surface area contributed by atoms with Crippen molar-refractivity contribution in [2.24, 2.45) is 0 Å². The van der Waals surface area contributed by atoms with Crippen molar-refractivity contribution >= 4 is 22.7 Å². The molecule has 8 nitrogen and oxygen atoms in total. The first-order valence-corrected chi connectivity index (χ1v) is 6.73. The van der Waals surface area contributed by atoms with Gasteiger partial charge < -0.3 is 9.30 Å². The fourth-order valence-corrected chi connectivity index (χ4v) is 2.07. The normalized spacial score (nSPS) is 10.9. The first-order chi connectivity index (χ1) is 10.4. The third-order valence-electron chi connectivity index (χ3n) is 3.12. The van der Waals surface area contributed by atoms with Gasteiger partial charge in [-0.05, 0) is 20.8 Å². The number of hydrogen-bond donors (Lipinski definition) is 0. The minimum atomic E-state index is -0.754. The molecule has 0 aliphatic heterocycles. The minimum absolute atomic E-state index is 0.0217. The Morgan fingerprint density at radius 1 is 1.50 bits per heavy atom. The van der Waals surface area contributed by atoms with E-state index in [1.807, 2.05) is 13.8 Å². The quantitative estimate of drug-likeness (QED) is 0.486. The SMILES string of the molecule is CCOC(=O)c1cn(C(C)C)c2ncc([N+](=O)[O-])cc2c1=O. The second-order valence-electron chi connectivity index (χ2n) is 4.92. The van der Waals surface area contributed by atoms with Crippen molar-refractivity contribution in [3.8, 4) is 0 Å². The van der Waals surface area contributed by atoms with Gasteiger partial charge in [0.2, 0.25) is 5.43 Å². The fourth-order valence-electron chi connectivity index (χ4n) is 2.07. The average molecular weight is 305 g/mol. The predicted octanol–water partition coefficient (Wildman–Crippen LogP) is 2.06. The Labute approximate surface area is 125 Å². The third-order valence-corrected chi connectivity index (χ3v) is 3.12. The molecule has 2 aromatic heterocycles. The van der Waals surface area contributed by atoms with E-state index in [4.69, 9.17) is 4.74 Å². The summed E-state index contributed by atoms with van der Waals surface area (Å²) in [5.41, 5.74) is -0.800. The number of aromatic nitrogens is 2. The van der Waals surface area contributed by atoms with Crippen LogP contribution in [0.4, 0.5) is 5.69 Å². The van der Waals surface area contributed by atoms with E-state index in [-0.39, 0.29) is 29.3 Å². The van der Waals surface area contributed by atoms with Crippen LogP contribution in [-0.4, -0.2) is 27.1 Å². The maximum Gasteiger partial charge on any atom is 0.343 e. The van der Waals surface area contributed by atoms with Crippen LogP contribution in [-0.2, 0) is 4.74 Å². The number of pyridine rings is 2. The van der Waals surface area contributed by atoms with E-state index in [0.717, 1.165) is 12.3 Å². The predicted molar refractivity (Wildman–Crippen MR) is 79.0 cm³/mol. The van der Waals surface area contributed by atoms with Gasteiger partial charge in [-0.25, -0.2) is 9.78 Å². The summed E-state index contributed by atoms with van der Waals surface area (Å²) in [7, 11) is 0. The molecule has 8 heteroatoms. The van der Waals surface area contributed by atoms with Crippen LogP contribution in [0, 0.1) is 10.1 Å². The van der Waals surface area contributed by atoms with Crippen molar-refractivity contribution in [3.63, 3.8) is 0 Å².